The molecule has 7 nitrogen and oxygen atoms in total. The number of aryl methyl sites for hydroxylation is 1. The first-order valence-corrected chi connectivity index (χ1v) is 7.54. The molecule has 0 bridgehead atoms. The Balaban J connectivity index is 2.19. The Morgan fingerprint density at radius 2 is 2.25 bits per heavy atom. The van der Waals surface area contributed by atoms with Crippen LogP contribution in [0.25, 0.3) is 0 Å². The summed E-state index contributed by atoms with van der Waals surface area (Å²) in [6, 6.07) is 3.03. The molecule has 2 aromatic rings. The number of carboxylic acid groups (broad SMARTS) is 1. The Kier molecular flexibility index (Phi) is 5.86. The van der Waals surface area contributed by atoms with Crippen LogP contribution in [0.1, 0.15) is 36.7 Å². The highest BCUT2D eigenvalue weighted by Crippen LogP contribution is 2.26. The number of rotatable bonds is 8. The summed E-state index contributed by atoms with van der Waals surface area (Å²) in [6.07, 6.45) is 1.58. The van der Waals surface area contributed by atoms with Crippen molar-refractivity contribution in [1.29, 1.82) is 0 Å². The molecule has 0 radical (unpaired) electrons. The number of aromatic nitrogens is 2. The van der Waals surface area contributed by atoms with E-state index in [9.17, 15) is 14.3 Å². The molecular weight excluding hydrogens is 317 g/mol. The number of carboxylic acids is 1. The molecular formula is C16H20FN3O4. The maximum absolute atomic E-state index is 13.9. The molecule has 130 valence electrons. The third-order valence-electron chi connectivity index (χ3n) is 3.53. The Bertz CT molecular complexity index is 704. The zero-order valence-corrected chi connectivity index (χ0v) is 13.8. The molecule has 1 aromatic heterocycles. The Morgan fingerprint density at radius 1 is 1.50 bits per heavy atom. The first kappa shape index (κ1) is 17.9. The van der Waals surface area contributed by atoms with Crippen molar-refractivity contribution in [2.24, 2.45) is 0 Å². The Labute approximate surface area is 139 Å². The van der Waals surface area contributed by atoms with Crippen LogP contribution in [0.4, 0.5) is 4.39 Å². The second kappa shape index (κ2) is 7.87. The molecule has 0 amide bonds. The van der Waals surface area contributed by atoms with E-state index in [0.29, 0.717) is 23.7 Å². The molecule has 0 aliphatic heterocycles. The van der Waals surface area contributed by atoms with Gasteiger partial charge in [0.05, 0.1) is 13.7 Å². The van der Waals surface area contributed by atoms with Gasteiger partial charge < -0.3 is 14.4 Å². The minimum absolute atomic E-state index is 0.0617. The van der Waals surface area contributed by atoms with Crippen molar-refractivity contribution in [3.63, 3.8) is 0 Å². The molecule has 24 heavy (non-hydrogen) atoms. The lowest BCUT2D eigenvalue weighted by Crippen LogP contribution is -2.30. The molecule has 0 fully saturated rings. The van der Waals surface area contributed by atoms with Crippen LogP contribution in [0, 0.1) is 5.82 Å². The van der Waals surface area contributed by atoms with Gasteiger partial charge in [-0.2, -0.15) is 4.98 Å². The van der Waals surface area contributed by atoms with E-state index in [2.05, 4.69) is 10.1 Å². The van der Waals surface area contributed by atoms with Gasteiger partial charge in [-0.25, -0.2) is 4.39 Å². The molecule has 0 saturated carbocycles. The summed E-state index contributed by atoms with van der Waals surface area (Å²) < 4.78 is 23.9. The van der Waals surface area contributed by atoms with Crippen molar-refractivity contribution in [2.45, 2.75) is 32.4 Å². The van der Waals surface area contributed by atoms with E-state index < -0.39 is 17.8 Å². The molecule has 1 aromatic carbocycles. The van der Waals surface area contributed by atoms with Crippen LogP contribution in [0.2, 0.25) is 0 Å². The SMILES string of the molecule is CCCc1noc(CN(C)[C@@H](C(=O)O)c2ccc(OC)c(F)c2)n1. The zero-order valence-electron chi connectivity index (χ0n) is 13.8. The fourth-order valence-corrected chi connectivity index (χ4v) is 2.42. The van der Waals surface area contributed by atoms with Crippen molar-refractivity contribution < 1.29 is 23.6 Å². The van der Waals surface area contributed by atoms with E-state index >= 15 is 0 Å². The van der Waals surface area contributed by atoms with Crippen molar-refractivity contribution in [1.82, 2.24) is 15.0 Å². The minimum Gasteiger partial charge on any atom is -0.494 e. The lowest BCUT2D eigenvalue weighted by molar-refractivity contribution is -0.143. The largest absolute Gasteiger partial charge is 0.494 e. The molecule has 0 spiro atoms. The van der Waals surface area contributed by atoms with Gasteiger partial charge in [-0.05, 0) is 31.2 Å². The summed E-state index contributed by atoms with van der Waals surface area (Å²) in [5.74, 6) is -0.746. The summed E-state index contributed by atoms with van der Waals surface area (Å²) in [5, 5.41) is 13.4. The first-order valence-electron chi connectivity index (χ1n) is 7.54. The number of hydrogen-bond acceptors (Lipinski definition) is 6. The average Bonchev–Trinajstić information content (AvgIpc) is 2.94. The first-order chi connectivity index (χ1) is 11.5. The van der Waals surface area contributed by atoms with E-state index in [4.69, 9.17) is 9.26 Å². The van der Waals surface area contributed by atoms with E-state index in [1.807, 2.05) is 6.92 Å². The van der Waals surface area contributed by atoms with Crippen molar-refractivity contribution in [3.8, 4) is 5.75 Å². The number of methoxy groups -OCH3 is 1. The van der Waals surface area contributed by atoms with Crippen LogP contribution in [-0.2, 0) is 17.8 Å². The van der Waals surface area contributed by atoms with Crippen LogP contribution in [-0.4, -0.2) is 40.3 Å². The van der Waals surface area contributed by atoms with E-state index in [0.717, 1.165) is 12.5 Å². The molecule has 1 heterocycles. The molecule has 0 aliphatic rings. The van der Waals surface area contributed by atoms with E-state index in [1.54, 1.807) is 7.05 Å². The predicted molar refractivity (Wildman–Crippen MR) is 83.1 cm³/mol. The number of ether oxygens (including phenoxy) is 1. The number of aliphatic carboxylic acids is 1. The monoisotopic (exact) mass is 337 g/mol. The van der Waals surface area contributed by atoms with Gasteiger partial charge in [-0.15, -0.1) is 0 Å². The van der Waals surface area contributed by atoms with Crippen LogP contribution in [0.3, 0.4) is 0 Å². The average molecular weight is 337 g/mol. The normalized spacial score (nSPS) is 12.4. The standard InChI is InChI=1S/C16H20FN3O4/c1-4-5-13-18-14(24-19-13)9-20(2)15(16(21)22)10-6-7-12(23-3)11(17)8-10/h6-8,15H,4-5,9H2,1-3H3,(H,21,22)/t15-/m1/s1. The maximum atomic E-state index is 13.9. The fraction of sp³-hybridized carbons (Fsp3) is 0.438. The van der Waals surface area contributed by atoms with E-state index in [-0.39, 0.29) is 12.3 Å². The minimum atomic E-state index is -1.10. The van der Waals surface area contributed by atoms with Crippen molar-refractivity contribution in [3.05, 3.63) is 41.3 Å². The second-order valence-electron chi connectivity index (χ2n) is 5.40. The van der Waals surface area contributed by atoms with Crippen LogP contribution in [0.5, 0.6) is 5.75 Å². The molecule has 1 atom stereocenters. The summed E-state index contributed by atoms with van der Waals surface area (Å²) >= 11 is 0. The van der Waals surface area contributed by atoms with Crippen LogP contribution in [0.15, 0.2) is 22.7 Å². The number of halogens is 1. The van der Waals surface area contributed by atoms with Crippen molar-refractivity contribution >= 4 is 5.97 Å². The summed E-state index contributed by atoms with van der Waals surface area (Å²) in [6.45, 7) is 2.14. The Hall–Kier alpha value is -2.48. The molecule has 8 heteroatoms. The van der Waals surface area contributed by atoms with Gasteiger partial charge >= 0.3 is 5.97 Å². The van der Waals surface area contributed by atoms with E-state index in [1.165, 1.54) is 24.1 Å². The molecule has 2 rings (SSSR count). The van der Waals surface area contributed by atoms with Gasteiger partial charge in [0.1, 0.15) is 6.04 Å². The highest BCUT2D eigenvalue weighted by atomic mass is 19.1. The van der Waals surface area contributed by atoms with Gasteiger partial charge in [0.15, 0.2) is 17.4 Å². The maximum Gasteiger partial charge on any atom is 0.325 e. The lowest BCUT2D eigenvalue weighted by Gasteiger charge is -2.23. The van der Waals surface area contributed by atoms with Crippen LogP contribution < -0.4 is 4.74 Å². The number of carbonyl (C=O) groups is 1. The smallest absolute Gasteiger partial charge is 0.325 e. The molecule has 1 N–H and O–H groups in total. The van der Waals surface area contributed by atoms with Gasteiger partial charge in [-0.3, -0.25) is 9.69 Å². The predicted octanol–water partition coefficient (Wildman–Crippen LogP) is 2.43. The summed E-state index contributed by atoms with van der Waals surface area (Å²) in [5.41, 5.74) is 0.302. The van der Waals surface area contributed by atoms with Gasteiger partial charge in [-0.1, -0.05) is 18.1 Å². The number of benzene rings is 1. The topological polar surface area (TPSA) is 88.7 Å². The van der Waals surface area contributed by atoms with Crippen LogP contribution >= 0.6 is 0 Å². The number of likely N-dealkylation sites (N-methyl/N-ethyl adjacent to an activating group) is 1. The number of hydrogen-bond donors (Lipinski definition) is 1. The highest BCUT2D eigenvalue weighted by molar-refractivity contribution is 5.75. The fourth-order valence-electron chi connectivity index (χ4n) is 2.42. The Morgan fingerprint density at radius 3 is 2.83 bits per heavy atom. The van der Waals surface area contributed by atoms with Gasteiger partial charge in [0.25, 0.3) is 0 Å². The lowest BCUT2D eigenvalue weighted by atomic mass is 10.1. The number of nitrogens with zero attached hydrogens (tertiary/aromatic N) is 3. The third kappa shape index (κ3) is 4.08. The van der Waals surface area contributed by atoms with Crippen molar-refractivity contribution in [2.75, 3.05) is 14.2 Å². The molecule has 0 unspecified atom stereocenters. The molecule has 0 saturated heterocycles. The van der Waals surface area contributed by atoms with Gasteiger partial charge in [0.2, 0.25) is 5.89 Å². The quantitative estimate of drug-likeness (QED) is 0.791. The summed E-state index contributed by atoms with van der Waals surface area (Å²) in [4.78, 5) is 17.4. The zero-order chi connectivity index (χ0) is 17.7. The molecule has 0 aliphatic carbocycles. The summed E-state index contributed by atoms with van der Waals surface area (Å²) in [7, 11) is 2.95. The highest BCUT2D eigenvalue weighted by Gasteiger charge is 2.27. The second-order valence-corrected chi connectivity index (χ2v) is 5.40. The van der Waals surface area contributed by atoms with Gasteiger partial charge in [0, 0.05) is 6.42 Å². The third-order valence-corrected chi connectivity index (χ3v) is 3.53.